The van der Waals surface area contributed by atoms with Crippen molar-refractivity contribution in [1.29, 1.82) is 0 Å². The summed E-state index contributed by atoms with van der Waals surface area (Å²) in [4.78, 5) is 28.4. The van der Waals surface area contributed by atoms with E-state index >= 15 is 0 Å². The molecule has 1 unspecified atom stereocenters. The molecule has 29 heavy (non-hydrogen) atoms. The summed E-state index contributed by atoms with van der Waals surface area (Å²) in [6.07, 6.45) is 0.733. The second-order valence-corrected chi connectivity index (χ2v) is 7.46. The Balaban J connectivity index is 2.03. The minimum Gasteiger partial charge on any atom is -0.504 e. The lowest BCUT2D eigenvalue weighted by Gasteiger charge is -2.25. The maximum atomic E-state index is 13.5. The van der Waals surface area contributed by atoms with Crippen molar-refractivity contribution in [3.05, 3.63) is 68.6 Å². The molecule has 0 saturated carbocycles. The van der Waals surface area contributed by atoms with Gasteiger partial charge in [0.05, 0.1) is 24.1 Å². The fourth-order valence-corrected chi connectivity index (χ4v) is 4.20. The quantitative estimate of drug-likeness (QED) is 0.722. The topological polar surface area (TPSA) is 80.0 Å². The van der Waals surface area contributed by atoms with Gasteiger partial charge in [0.1, 0.15) is 5.58 Å². The van der Waals surface area contributed by atoms with Gasteiger partial charge >= 0.3 is 0 Å². The van der Waals surface area contributed by atoms with E-state index in [1.165, 1.54) is 13.2 Å². The summed E-state index contributed by atoms with van der Waals surface area (Å²) >= 11 is 0. The van der Waals surface area contributed by atoms with Crippen LogP contribution in [0.4, 0.5) is 0 Å². The molecule has 0 aliphatic carbocycles. The maximum Gasteiger partial charge on any atom is 0.290 e. The van der Waals surface area contributed by atoms with Crippen molar-refractivity contribution >= 4 is 16.9 Å². The van der Waals surface area contributed by atoms with E-state index in [-0.39, 0.29) is 28.6 Å². The van der Waals surface area contributed by atoms with Gasteiger partial charge in [0.25, 0.3) is 5.91 Å². The molecule has 6 heteroatoms. The summed E-state index contributed by atoms with van der Waals surface area (Å²) in [5.41, 5.74) is 3.06. The first-order valence-electron chi connectivity index (χ1n) is 9.63. The van der Waals surface area contributed by atoms with Crippen molar-refractivity contribution in [3.63, 3.8) is 0 Å². The van der Waals surface area contributed by atoms with Crippen LogP contribution in [0.25, 0.3) is 11.0 Å². The minimum atomic E-state index is -0.590. The van der Waals surface area contributed by atoms with E-state index in [4.69, 9.17) is 9.15 Å². The number of hydrogen-bond donors (Lipinski definition) is 1. The molecular weight excluding hydrogens is 370 g/mol. The number of phenols is 1. The fourth-order valence-electron chi connectivity index (χ4n) is 4.20. The number of carbonyl (C=O) groups is 1. The van der Waals surface area contributed by atoms with Gasteiger partial charge in [-0.2, -0.15) is 0 Å². The van der Waals surface area contributed by atoms with Gasteiger partial charge in [0, 0.05) is 6.54 Å². The Morgan fingerprint density at radius 1 is 1.17 bits per heavy atom. The average molecular weight is 393 g/mol. The van der Waals surface area contributed by atoms with E-state index in [1.807, 2.05) is 26.8 Å². The second-order valence-electron chi connectivity index (χ2n) is 7.46. The molecule has 2 aromatic carbocycles. The zero-order valence-corrected chi connectivity index (χ0v) is 16.9. The van der Waals surface area contributed by atoms with Crippen LogP contribution in [0.2, 0.25) is 0 Å². The Hall–Kier alpha value is -3.28. The van der Waals surface area contributed by atoms with Gasteiger partial charge in [-0.25, -0.2) is 0 Å². The molecule has 2 heterocycles. The first kappa shape index (κ1) is 19.1. The predicted octanol–water partition coefficient (Wildman–Crippen LogP) is 4.08. The maximum absolute atomic E-state index is 13.5. The highest BCUT2D eigenvalue weighted by Gasteiger charge is 2.42. The van der Waals surface area contributed by atoms with E-state index < -0.39 is 6.04 Å². The molecule has 0 bridgehead atoms. The number of methoxy groups -OCH3 is 1. The number of aromatic hydroxyl groups is 1. The molecule has 150 valence electrons. The number of rotatable bonds is 4. The first-order valence-corrected chi connectivity index (χ1v) is 9.63. The third-order valence-corrected chi connectivity index (χ3v) is 5.40. The van der Waals surface area contributed by atoms with Crippen molar-refractivity contribution in [1.82, 2.24) is 4.90 Å². The fraction of sp³-hybridized carbons (Fsp3) is 0.304. The number of benzene rings is 2. The molecule has 1 N–H and O–H groups in total. The van der Waals surface area contributed by atoms with Crippen LogP contribution in [0.5, 0.6) is 11.5 Å². The van der Waals surface area contributed by atoms with Gasteiger partial charge in [-0.15, -0.1) is 0 Å². The van der Waals surface area contributed by atoms with Crippen LogP contribution in [-0.2, 0) is 0 Å². The molecule has 1 atom stereocenters. The van der Waals surface area contributed by atoms with Crippen LogP contribution < -0.4 is 10.2 Å². The van der Waals surface area contributed by atoms with Crippen molar-refractivity contribution in [3.8, 4) is 11.5 Å². The largest absolute Gasteiger partial charge is 0.504 e. The molecular formula is C23H23NO5. The first-order chi connectivity index (χ1) is 13.9. The SMILES string of the molecule is CCCN1C(=O)c2oc3cc(C)cc(C)c3c(=O)c2C1c1ccc(O)c(OC)c1. The molecule has 6 nitrogen and oxygen atoms in total. The summed E-state index contributed by atoms with van der Waals surface area (Å²) < 4.78 is 11.2. The van der Waals surface area contributed by atoms with Crippen LogP contribution >= 0.6 is 0 Å². The van der Waals surface area contributed by atoms with Gasteiger partial charge in [-0.3, -0.25) is 9.59 Å². The van der Waals surface area contributed by atoms with Gasteiger partial charge in [-0.05, 0) is 55.2 Å². The third kappa shape index (κ3) is 2.87. The lowest BCUT2D eigenvalue weighted by Crippen LogP contribution is -2.30. The summed E-state index contributed by atoms with van der Waals surface area (Å²) in [6, 6.07) is 8.02. The standard InChI is InChI=1S/C23H23NO5/c1-5-8-24-20(14-6-7-15(25)16(11-14)28-4)19-21(26)18-13(3)9-12(2)10-17(18)29-22(19)23(24)27/h6-7,9-11,20,25H,5,8H2,1-4H3. The third-order valence-electron chi connectivity index (χ3n) is 5.40. The molecule has 1 aliphatic rings. The Morgan fingerprint density at radius 3 is 2.62 bits per heavy atom. The molecule has 3 aromatic rings. The number of aryl methyl sites for hydroxylation is 2. The number of fused-ring (bicyclic) bond motifs is 2. The lowest BCUT2D eigenvalue weighted by atomic mass is 9.96. The number of amides is 1. The molecule has 0 saturated heterocycles. The Bertz CT molecular complexity index is 1190. The van der Waals surface area contributed by atoms with Crippen molar-refractivity contribution < 1.29 is 19.1 Å². The van der Waals surface area contributed by atoms with E-state index in [9.17, 15) is 14.7 Å². The zero-order valence-electron chi connectivity index (χ0n) is 16.9. The summed E-state index contributed by atoms with van der Waals surface area (Å²) in [7, 11) is 1.46. The van der Waals surface area contributed by atoms with E-state index in [0.717, 1.165) is 17.5 Å². The number of nitrogens with zero attached hydrogens (tertiary/aromatic N) is 1. The summed E-state index contributed by atoms with van der Waals surface area (Å²) in [5.74, 6) is 0.0894. The molecule has 1 amide bonds. The molecule has 4 rings (SSSR count). The van der Waals surface area contributed by atoms with Gasteiger partial charge in [0.15, 0.2) is 16.9 Å². The van der Waals surface area contributed by atoms with E-state index in [1.54, 1.807) is 23.1 Å². The van der Waals surface area contributed by atoms with Gasteiger partial charge in [0.2, 0.25) is 5.76 Å². The lowest BCUT2D eigenvalue weighted by molar-refractivity contribution is 0.0728. The molecule has 0 radical (unpaired) electrons. The molecule has 0 spiro atoms. The Morgan fingerprint density at radius 2 is 1.93 bits per heavy atom. The predicted molar refractivity (Wildman–Crippen MR) is 110 cm³/mol. The highest BCUT2D eigenvalue weighted by Crippen LogP contribution is 2.41. The Labute approximate surface area is 168 Å². The smallest absolute Gasteiger partial charge is 0.290 e. The van der Waals surface area contributed by atoms with E-state index in [0.29, 0.717) is 28.6 Å². The van der Waals surface area contributed by atoms with Crippen molar-refractivity contribution in [2.75, 3.05) is 13.7 Å². The Kier molecular flexibility index (Phi) is 4.57. The second kappa shape index (κ2) is 6.95. The monoisotopic (exact) mass is 393 g/mol. The zero-order chi connectivity index (χ0) is 20.9. The van der Waals surface area contributed by atoms with Gasteiger partial charge in [-0.1, -0.05) is 19.1 Å². The van der Waals surface area contributed by atoms with Crippen LogP contribution in [0.3, 0.4) is 0 Å². The molecule has 1 aliphatic heterocycles. The number of phenolic OH excluding ortho intramolecular Hbond substituents is 1. The van der Waals surface area contributed by atoms with Crippen LogP contribution in [0, 0.1) is 13.8 Å². The highest BCUT2D eigenvalue weighted by molar-refractivity contribution is 5.99. The number of ether oxygens (including phenoxy) is 1. The summed E-state index contributed by atoms with van der Waals surface area (Å²) in [6.45, 7) is 6.25. The van der Waals surface area contributed by atoms with E-state index in [2.05, 4.69) is 0 Å². The van der Waals surface area contributed by atoms with Gasteiger partial charge < -0.3 is 19.2 Å². The van der Waals surface area contributed by atoms with Crippen LogP contribution in [-0.4, -0.2) is 29.6 Å². The normalized spacial score (nSPS) is 15.8. The van der Waals surface area contributed by atoms with Crippen LogP contribution in [0.1, 0.15) is 52.2 Å². The average Bonchev–Trinajstić information content (AvgIpc) is 2.95. The van der Waals surface area contributed by atoms with Crippen molar-refractivity contribution in [2.45, 2.75) is 33.2 Å². The highest BCUT2D eigenvalue weighted by atomic mass is 16.5. The minimum absolute atomic E-state index is 0.000274. The van der Waals surface area contributed by atoms with Crippen molar-refractivity contribution in [2.24, 2.45) is 0 Å². The molecule has 1 aromatic heterocycles. The van der Waals surface area contributed by atoms with Crippen LogP contribution in [0.15, 0.2) is 39.5 Å². The summed E-state index contributed by atoms with van der Waals surface area (Å²) in [5, 5.41) is 10.5. The number of hydrogen-bond acceptors (Lipinski definition) is 5. The molecule has 0 fully saturated rings. The number of carbonyl (C=O) groups excluding carboxylic acids is 1.